The van der Waals surface area contributed by atoms with Crippen LogP contribution in [-0.4, -0.2) is 11.9 Å². The monoisotopic (exact) mass is 423 g/mol. The molecule has 0 bridgehead atoms. The van der Waals surface area contributed by atoms with Crippen LogP contribution in [0.5, 0.6) is 5.75 Å². The highest BCUT2D eigenvalue weighted by Gasteiger charge is 2.24. The van der Waals surface area contributed by atoms with Gasteiger partial charge in [0.1, 0.15) is 18.2 Å². The zero-order chi connectivity index (χ0) is 21.9. The molecule has 1 aliphatic heterocycles. The Morgan fingerprint density at radius 3 is 2.47 bits per heavy atom. The summed E-state index contributed by atoms with van der Waals surface area (Å²) in [5.74, 6) is 0.0587. The number of rotatable bonds is 5. The molecule has 4 nitrogen and oxygen atoms in total. The highest BCUT2D eigenvalue weighted by Crippen LogP contribution is 2.26. The van der Waals surface area contributed by atoms with E-state index in [1.807, 2.05) is 66.7 Å². The first-order valence-corrected chi connectivity index (χ1v) is 10.1. The van der Waals surface area contributed by atoms with E-state index in [9.17, 15) is 9.18 Å². The number of cyclic esters (lactones) is 1. The lowest BCUT2D eigenvalue weighted by Gasteiger charge is -2.09. The highest BCUT2D eigenvalue weighted by atomic mass is 19.1. The van der Waals surface area contributed by atoms with Gasteiger partial charge < -0.3 is 9.47 Å². The molecule has 4 aromatic carbocycles. The molecule has 1 heterocycles. The molecule has 0 aliphatic carbocycles. The molecule has 0 unspecified atom stereocenters. The lowest BCUT2D eigenvalue weighted by atomic mass is 10.1. The van der Waals surface area contributed by atoms with Crippen LogP contribution in [0.2, 0.25) is 0 Å². The number of aliphatic imine (C=N–C) groups is 1. The molecule has 0 amide bonds. The first-order chi connectivity index (χ1) is 15.7. The number of fused-ring (bicyclic) bond motifs is 1. The number of hydrogen-bond acceptors (Lipinski definition) is 4. The summed E-state index contributed by atoms with van der Waals surface area (Å²) >= 11 is 0. The van der Waals surface area contributed by atoms with E-state index in [1.165, 1.54) is 12.1 Å². The van der Waals surface area contributed by atoms with Gasteiger partial charge in [0.25, 0.3) is 0 Å². The van der Waals surface area contributed by atoms with E-state index < -0.39 is 5.97 Å². The average molecular weight is 423 g/mol. The first-order valence-electron chi connectivity index (χ1n) is 10.1. The van der Waals surface area contributed by atoms with Crippen molar-refractivity contribution in [2.75, 3.05) is 0 Å². The largest absolute Gasteiger partial charge is 0.488 e. The predicted molar refractivity (Wildman–Crippen MR) is 122 cm³/mol. The number of esters is 1. The number of carbonyl (C=O) groups is 1. The van der Waals surface area contributed by atoms with Gasteiger partial charge in [0, 0.05) is 11.1 Å². The Labute approximate surface area is 184 Å². The molecule has 5 heteroatoms. The van der Waals surface area contributed by atoms with Crippen molar-refractivity contribution in [3.05, 3.63) is 119 Å². The number of halogens is 1. The van der Waals surface area contributed by atoms with Crippen LogP contribution in [0.3, 0.4) is 0 Å². The van der Waals surface area contributed by atoms with E-state index in [-0.39, 0.29) is 24.0 Å². The Hall–Kier alpha value is -4.25. The average Bonchev–Trinajstić information content (AvgIpc) is 3.19. The SMILES string of the molecule is O=C1OC(c2ccc3ccccc3c2)=N/C1=C\c1ccccc1OCc1ccc(F)cc1. The van der Waals surface area contributed by atoms with Crippen molar-refractivity contribution in [1.29, 1.82) is 0 Å². The van der Waals surface area contributed by atoms with Crippen LogP contribution in [0.4, 0.5) is 4.39 Å². The lowest BCUT2D eigenvalue weighted by Crippen LogP contribution is -2.05. The summed E-state index contributed by atoms with van der Waals surface area (Å²) in [6.45, 7) is 0.274. The second kappa shape index (κ2) is 8.47. The number of hydrogen-bond donors (Lipinski definition) is 0. The van der Waals surface area contributed by atoms with Crippen molar-refractivity contribution in [2.24, 2.45) is 4.99 Å². The van der Waals surface area contributed by atoms with E-state index in [0.29, 0.717) is 11.3 Å². The Bertz CT molecular complexity index is 1370. The zero-order valence-corrected chi connectivity index (χ0v) is 17.0. The van der Waals surface area contributed by atoms with Gasteiger partial charge in [-0.1, -0.05) is 60.7 Å². The van der Waals surface area contributed by atoms with Crippen LogP contribution in [0.1, 0.15) is 16.7 Å². The topological polar surface area (TPSA) is 47.9 Å². The molecule has 0 atom stereocenters. The molecule has 0 saturated heterocycles. The molecule has 32 heavy (non-hydrogen) atoms. The van der Waals surface area contributed by atoms with Crippen LogP contribution in [-0.2, 0) is 16.1 Å². The standard InChI is InChI=1S/C27H18FNO3/c28-23-13-9-18(10-14-23)17-31-25-8-4-3-7-21(25)16-24-27(30)32-26(29-24)22-12-11-19-5-1-2-6-20(19)15-22/h1-16H,17H2/b24-16-. The van der Waals surface area contributed by atoms with E-state index >= 15 is 0 Å². The molecule has 0 fully saturated rings. The minimum Gasteiger partial charge on any atom is -0.488 e. The van der Waals surface area contributed by atoms with Crippen molar-refractivity contribution >= 4 is 28.7 Å². The summed E-state index contributed by atoms with van der Waals surface area (Å²) in [4.78, 5) is 16.9. The maximum Gasteiger partial charge on any atom is 0.363 e. The Morgan fingerprint density at radius 2 is 1.62 bits per heavy atom. The van der Waals surface area contributed by atoms with Crippen LogP contribution in [0.15, 0.2) is 102 Å². The van der Waals surface area contributed by atoms with Crippen molar-refractivity contribution in [2.45, 2.75) is 6.61 Å². The van der Waals surface area contributed by atoms with Crippen molar-refractivity contribution < 1.29 is 18.7 Å². The summed E-state index contributed by atoms with van der Waals surface area (Å²) in [7, 11) is 0. The lowest BCUT2D eigenvalue weighted by molar-refractivity contribution is -0.129. The van der Waals surface area contributed by atoms with Gasteiger partial charge in [-0.15, -0.1) is 0 Å². The van der Waals surface area contributed by atoms with Gasteiger partial charge in [0.15, 0.2) is 5.70 Å². The predicted octanol–water partition coefficient (Wildman–Crippen LogP) is 5.90. The minimum absolute atomic E-state index is 0.200. The van der Waals surface area contributed by atoms with Gasteiger partial charge in [-0.05, 0) is 52.7 Å². The van der Waals surface area contributed by atoms with Gasteiger partial charge in [-0.25, -0.2) is 14.2 Å². The van der Waals surface area contributed by atoms with Crippen molar-refractivity contribution in [1.82, 2.24) is 0 Å². The van der Waals surface area contributed by atoms with Gasteiger partial charge in [0.05, 0.1) is 0 Å². The molecule has 0 spiro atoms. The number of carbonyl (C=O) groups excluding carboxylic acids is 1. The first kappa shape index (κ1) is 19.7. The third-order valence-corrected chi connectivity index (χ3v) is 5.14. The summed E-state index contributed by atoms with van der Waals surface area (Å²) < 4.78 is 24.4. The van der Waals surface area contributed by atoms with Crippen LogP contribution in [0, 0.1) is 5.82 Å². The molecule has 1 aliphatic rings. The molecule has 0 N–H and O–H groups in total. The van der Waals surface area contributed by atoms with Crippen molar-refractivity contribution in [3.8, 4) is 5.75 Å². The normalized spacial score (nSPS) is 14.5. The second-order valence-electron chi connectivity index (χ2n) is 7.35. The Morgan fingerprint density at radius 1 is 0.875 bits per heavy atom. The fraction of sp³-hybridized carbons (Fsp3) is 0.0370. The minimum atomic E-state index is -0.513. The molecule has 5 rings (SSSR count). The maximum absolute atomic E-state index is 13.1. The summed E-state index contributed by atoms with van der Waals surface area (Å²) in [5, 5.41) is 2.14. The summed E-state index contributed by atoms with van der Waals surface area (Å²) in [6.07, 6.45) is 1.65. The molecule has 0 radical (unpaired) electrons. The van der Waals surface area contributed by atoms with Gasteiger partial charge in [-0.3, -0.25) is 0 Å². The Kier molecular flexibility index (Phi) is 5.22. The maximum atomic E-state index is 13.1. The molecule has 4 aromatic rings. The summed E-state index contributed by atoms with van der Waals surface area (Å²) in [6, 6.07) is 27.2. The quantitative estimate of drug-likeness (QED) is 0.296. The fourth-order valence-corrected chi connectivity index (χ4v) is 3.48. The van der Waals surface area contributed by atoms with E-state index in [0.717, 1.165) is 21.9 Å². The number of ether oxygens (including phenoxy) is 2. The van der Waals surface area contributed by atoms with Gasteiger partial charge in [-0.2, -0.15) is 0 Å². The second-order valence-corrected chi connectivity index (χ2v) is 7.35. The molecular weight excluding hydrogens is 405 g/mol. The summed E-state index contributed by atoms with van der Waals surface area (Å²) in [5.41, 5.74) is 2.48. The molecule has 0 aromatic heterocycles. The van der Waals surface area contributed by atoms with Crippen LogP contribution in [0.25, 0.3) is 16.8 Å². The number of nitrogens with zero attached hydrogens (tertiary/aromatic N) is 1. The van der Waals surface area contributed by atoms with Crippen LogP contribution >= 0.6 is 0 Å². The molecule has 156 valence electrons. The van der Waals surface area contributed by atoms with Gasteiger partial charge >= 0.3 is 5.97 Å². The third kappa shape index (κ3) is 4.14. The van der Waals surface area contributed by atoms with E-state index in [1.54, 1.807) is 18.2 Å². The number of benzene rings is 4. The molecular formula is C27H18FNO3. The van der Waals surface area contributed by atoms with Crippen molar-refractivity contribution in [3.63, 3.8) is 0 Å². The molecule has 0 saturated carbocycles. The smallest absolute Gasteiger partial charge is 0.363 e. The highest BCUT2D eigenvalue weighted by molar-refractivity contribution is 6.13. The zero-order valence-electron chi connectivity index (χ0n) is 17.0. The number of para-hydroxylation sites is 1. The fourth-order valence-electron chi connectivity index (χ4n) is 3.48. The third-order valence-electron chi connectivity index (χ3n) is 5.14. The van der Waals surface area contributed by atoms with E-state index in [2.05, 4.69) is 4.99 Å². The van der Waals surface area contributed by atoms with Crippen LogP contribution < -0.4 is 4.74 Å². The Balaban J connectivity index is 1.41. The van der Waals surface area contributed by atoms with Gasteiger partial charge in [0.2, 0.25) is 5.90 Å². The van der Waals surface area contributed by atoms with E-state index in [4.69, 9.17) is 9.47 Å².